The number of rotatable bonds is 4. The fourth-order valence-corrected chi connectivity index (χ4v) is 3.84. The van der Waals surface area contributed by atoms with Gasteiger partial charge < -0.3 is 10.8 Å². The summed E-state index contributed by atoms with van der Waals surface area (Å²) in [6.07, 6.45) is -0.0266. The van der Waals surface area contributed by atoms with Gasteiger partial charge in [0.2, 0.25) is 0 Å². The van der Waals surface area contributed by atoms with E-state index >= 15 is 0 Å². The first-order valence-corrected chi connectivity index (χ1v) is 9.11. The van der Waals surface area contributed by atoms with Crippen molar-refractivity contribution in [1.29, 1.82) is 0 Å². The molecule has 1 saturated heterocycles. The van der Waals surface area contributed by atoms with Crippen molar-refractivity contribution in [1.82, 2.24) is 4.90 Å². The Bertz CT molecular complexity index is 599. The number of hydrogen-bond donors (Lipinski definition) is 2. The molecule has 116 valence electrons. The fraction of sp³-hybridized carbons (Fsp3) is 0.500. The lowest BCUT2D eigenvalue weighted by Crippen LogP contribution is -2.31. The molecule has 0 saturated carbocycles. The summed E-state index contributed by atoms with van der Waals surface area (Å²) < 4.78 is 23.1. The largest absolute Gasteiger partial charge is 0.389 e. The van der Waals surface area contributed by atoms with E-state index in [9.17, 15) is 13.5 Å². The Morgan fingerprint density at radius 2 is 1.95 bits per heavy atom. The third kappa shape index (κ3) is 4.74. The zero-order chi connectivity index (χ0) is 15.5. The minimum atomic E-state index is -2.92. The lowest BCUT2D eigenvalue weighted by Gasteiger charge is -2.23. The van der Waals surface area contributed by atoms with Crippen LogP contribution in [0.25, 0.3) is 0 Å². The van der Waals surface area contributed by atoms with Crippen molar-refractivity contribution < 1.29 is 13.5 Å². The van der Waals surface area contributed by atoms with Gasteiger partial charge in [-0.25, -0.2) is 8.42 Å². The van der Waals surface area contributed by atoms with Crippen LogP contribution in [0.5, 0.6) is 0 Å². The van der Waals surface area contributed by atoms with Crippen LogP contribution in [0, 0.1) is 0 Å². The zero-order valence-corrected chi connectivity index (χ0v) is 13.4. The molecule has 1 aromatic rings. The molecule has 1 aromatic carbocycles. The predicted octanol–water partition coefficient (Wildman–Crippen LogP) is 0.475. The average molecular weight is 328 g/mol. The molecule has 3 N–H and O–H groups in total. The molecule has 2 rings (SSSR count). The minimum absolute atomic E-state index is 0.167. The molecule has 7 heteroatoms. The predicted molar refractivity (Wildman–Crippen MR) is 87.0 cm³/mol. The van der Waals surface area contributed by atoms with Gasteiger partial charge in [0.1, 0.15) is 4.99 Å². The van der Waals surface area contributed by atoms with Crippen molar-refractivity contribution >= 4 is 27.0 Å². The third-order valence-electron chi connectivity index (χ3n) is 3.66. The van der Waals surface area contributed by atoms with E-state index in [4.69, 9.17) is 18.0 Å². The topological polar surface area (TPSA) is 83.6 Å². The summed E-state index contributed by atoms with van der Waals surface area (Å²) >= 11 is 4.89. The summed E-state index contributed by atoms with van der Waals surface area (Å²) in [6, 6.07) is 7.17. The summed E-state index contributed by atoms with van der Waals surface area (Å²) in [6.45, 7) is 1.60. The number of aliphatic hydroxyl groups excluding tert-OH is 1. The minimum Gasteiger partial charge on any atom is -0.389 e. The van der Waals surface area contributed by atoms with Crippen molar-refractivity contribution in [3.05, 3.63) is 35.4 Å². The van der Waals surface area contributed by atoms with Crippen LogP contribution in [-0.4, -0.2) is 54.6 Å². The maximum atomic E-state index is 11.6. The summed E-state index contributed by atoms with van der Waals surface area (Å²) in [5.74, 6) is 0.405. The molecular weight excluding hydrogens is 308 g/mol. The van der Waals surface area contributed by atoms with E-state index in [1.807, 2.05) is 4.90 Å². The molecule has 1 atom stereocenters. The van der Waals surface area contributed by atoms with Gasteiger partial charge in [0.05, 0.1) is 17.6 Å². The van der Waals surface area contributed by atoms with E-state index in [2.05, 4.69) is 0 Å². The highest BCUT2D eigenvalue weighted by Crippen LogP contribution is 2.17. The van der Waals surface area contributed by atoms with Gasteiger partial charge in [0, 0.05) is 18.7 Å². The Morgan fingerprint density at radius 3 is 2.57 bits per heavy atom. The molecule has 21 heavy (non-hydrogen) atoms. The van der Waals surface area contributed by atoms with Gasteiger partial charge in [-0.1, -0.05) is 36.5 Å². The average Bonchev–Trinajstić information content (AvgIpc) is 2.60. The number of nitrogens with zero attached hydrogens (tertiary/aromatic N) is 1. The van der Waals surface area contributed by atoms with Crippen LogP contribution < -0.4 is 5.73 Å². The molecule has 1 aliphatic heterocycles. The van der Waals surface area contributed by atoms with Crippen LogP contribution in [0.15, 0.2) is 24.3 Å². The van der Waals surface area contributed by atoms with E-state index in [0.717, 1.165) is 11.1 Å². The first-order valence-electron chi connectivity index (χ1n) is 6.88. The number of thiocarbonyl (C=S) groups is 1. The van der Waals surface area contributed by atoms with Gasteiger partial charge in [-0.3, -0.25) is 4.90 Å². The molecular formula is C14H20N2O3S2. The van der Waals surface area contributed by atoms with E-state index in [1.165, 1.54) is 0 Å². The van der Waals surface area contributed by atoms with Crippen molar-refractivity contribution in [2.75, 3.05) is 31.1 Å². The second-order valence-corrected chi connectivity index (χ2v) is 8.05. The Balaban J connectivity index is 1.97. The number of hydrogen-bond acceptors (Lipinski definition) is 5. The lowest BCUT2D eigenvalue weighted by molar-refractivity contribution is 0.117. The Morgan fingerprint density at radius 1 is 1.29 bits per heavy atom. The summed E-state index contributed by atoms with van der Waals surface area (Å²) in [5.41, 5.74) is 7.08. The third-order valence-corrected chi connectivity index (χ3v) is 5.61. The van der Waals surface area contributed by atoms with Crippen LogP contribution in [0.4, 0.5) is 0 Å². The molecule has 0 aromatic heterocycles. The molecule has 0 amide bonds. The van der Waals surface area contributed by atoms with Crippen molar-refractivity contribution in [2.24, 2.45) is 5.73 Å². The fourth-order valence-electron chi connectivity index (χ4n) is 2.39. The highest BCUT2D eigenvalue weighted by atomic mass is 32.2. The monoisotopic (exact) mass is 328 g/mol. The molecule has 1 heterocycles. The number of aliphatic hydroxyl groups is 1. The van der Waals surface area contributed by atoms with Gasteiger partial charge in [-0.15, -0.1) is 0 Å². The van der Waals surface area contributed by atoms with E-state index in [1.54, 1.807) is 24.3 Å². The van der Waals surface area contributed by atoms with Crippen molar-refractivity contribution in [3.8, 4) is 0 Å². The zero-order valence-electron chi connectivity index (χ0n) is 11.7. The van der Waals surface area contributed by atoms with Gasteiger partial charge in [0.15, 0.2) is 9.84 Å². The molecule has 5 nitrogen and oxygen atoms in total. The highest BCUT2D eigenvalue weighted by molar-refractivity contribution is 7.91. The number of β-amino-alcohol motifs (C(OH)–C–C–N with tert-alkyl or cyclic N) is 1. The SMILES string of the molecule is NC(=S)c1ccc(C(O)CN2CCCS(=O)(=O)CC2)cc1. The first kappa shape index (κ1) is 16.4. The first-order chi connectivity index (χ1) is 9.87. The Hall–Kier alpha value is -1.02. The van der Waals surface area contributed by atoms with Crippen LogP contribution >= 0.6 is 12.2 Å². The van der Waals surface area contributed by atoms with Crippen LogP contribution in [-0.2, 0) is 9.84 Å². The summed E-state index contributed by atoms with van der Waals surface area (Å²) in [5, 5.41) is 10.3. The maximum absolute atomic E-state index is 11.6. The van der Waals surface area contributed by atoms with Crippen molar-refractivity contribution in [3.63, 3.8) is 0 Å². The molecule has 0 aliphatic carbocycles. The molecule has 0 bridgehead atoms. The second kappa shape index (κ2) is 6.83. The molecule has 1 fully saturated rings. The van der Waals surface area contributed by atoms with Gasteiger partial charge in [-0.05, 0) is 18.5 Å². The number of sulfone groups is 1. The smallest absolute Gasteiger partial charge is 0.151 e. The second-order valence-electron chi connectivity index (χ2n) is 5.31. The molecule has 0 radical (unpaired) electrons. The van der Waals surface area contributed by atoms with Gasteiger partial charge in [0.25, 0.3) is 0 Å². The van der Waals surface area contributed by atoms with Crippen LogP contribution in [0.3, 0.4) is 0 Å². The van der Waals surface area contributed by atoms with Crippen molar-refractivity contribution in [2.45, 2.75) is 12.5 Å². The van der Waals surface area contributed by atoms with E-state index in [-0.39, 0.29) is 11.5 Å². The standard InChI is InChI=1S/C14H20N2O3S2/c15-14(20)12-4-2-11(3-5-12)13(17)10-16-6-1-8-21(18,19)9-7-16/h2-5,13,17H,1,6-10H2,(H2,15,20). The normalized spacial score (nSPS) is 20.6. The lowest BCUT2D eigenvalue weighted by atomic mass is 10.1. The van der Waals surface area contributed by atoms with Crippen LogP contribution in [0.2, 0.25) is 0 Å². The van der Waals surface area contributed by atoms with E-state index in [0.29, 0.717) is 31.0 Å². The van der Waals surface area contributed by atoms with Crippen LogP contribution in [0.1, 0.15) is 23.7 Å². The summed E-state index contributed by atoms with van der Waals surface area (Å²) in [7, 11) is -2.92. The van der Waals surface area contributed by atoms with Gasteiger partial charge >= 0.3 is 0 Å². The number of nitrogens with two attached hydrogens (primary N) is 1. The van der Waals surface area contributed by atoms with E-state index < -0.39 is 15.9 Å². The summed E-state index contributed by atoms with van der Waals surface area (Å²) in [4.78, 5) is 2.32. The maximum Gasteiger partial charge on any atom is 0.151 e. The molecule has 0 spiro atoms. The Labute approximate surface area is 130 Å². The number of benzene rings is 1. The highest BCUT2D eigenvalue weighted by Gasteiger charge is 2.21. The molecule has 1 unspecified atom stereocenters. The molecule has 1 aliphatic rings. The Kier molecular flexibility index (Phi) is 5.32. The quantitative estimate of drug-likeness (QED) is 0.782. The van der Waals surface area contributed by atoms with Gasteiger partial charge in [-0.2, -0.15) is 0 Å².